The molecule has 2 aromatic heterocycles. The monoisotopic (exact) mass is 340 g/mol. The number of likely N-dealkylation sites (tertiary alicyclic amines) is 1. The summed E-state index contributed by atoms with van der Waals surface area (Å²) in [6, 6.07) is 3.73. The van der Waals surface area contributed by atoms with Crippen LogP contribution in [0.4, 0.5) is 0 Å². The molecule has 2 aliphatic rings. The van der Waals surface area contributed by atoms with E-state index in [2.05, 4.69) is 22.0 Å². The molecule has 2 aromatic rings. The molecular formula is C19H24N4O2. The minimum absolute atomic E-state index is 0.121. The van der Waals surface area contributed by atoms with Gasteiger partial charge in [-0.1, -0.05) is 31.3 Å². The van der Waals surface area contributed by atoms with E-state index in [1.54, 1.807) is 12.4 Å². The van der Waals surface area contributed by atoms with Gasteiger partial charge in [0.15, 0.2) is 0 Å². The number of pyridine rings is 1. The van der Waals surface area contributed by atoms with E-state index in [4.69, 9.17) is 4.52 Å². The Morgan fingerprint density at radius 3 is 2.68 bits per heavy atom. The van der Waals surface area contributed by atoms with E-state index in [1.165, 1.54) is 19.3 Å². The molecule has 1 saturated heterocycles. The number of hydrogen-bond acceptors (Lipinski definition) is 5. The van der Waals surface area contributed by atoms with Gasteiger partial charge in [0.2, 0.25) is 17.6 Å². The lowest BCUT2D eigenvalue weighted by Gasteiger charge is -2.26. The second-order valence-electron chi connectivity index (χ2n) is 7.35. The van der Waals surface area contributed by atoms with Crippen LogP contribution in [0.15, 0.2) is 29.0 Å². The van der Waals surface area contributed by atoms with Crippen molar-refractivity contribution in [3.05, 3.63) is 30.4 Å². The lowest BCUT2D eigenvalue weighted by atomic mass is 9.88. The van der Waals surface area contributed by atoms with Crippen LogP contribution in [-0.4, -0.2) is 39.0 Å². The third-order valence-corrected chi connectivity index (χ3v) is 5.58. The molecule has 1 amide bonds. The van der Waals surface area contributed by atoms with Crippen LogP contribution in [0.3, 0.4) is 0 Å². The van der Waals surface area contributed by atoms with Gasteiger partial charge < -0.3 is 9.42 Å². The van der Waals surface area contributed by atoms with Gasteiger partial charge >= 0.3 is 0 Å². The lowest BCUT2D eigenvalue weighted by Crippen LogP contribution is -2.35. The molecule has 0 aromatic carbocycles. The van der Waals surface area contributed by atoms with Gasteiger partial charge in [-0.25, -0.2) is 0 Å². The topological polar surface area (TPSA) is 72.1 Å². The number of hydrogen-bond donors (Lipinski definition) is 0. The molecule has 1 aliphatic heterocycles. The van der Waals surface area contributed by atoms with E-state index in [-0.39, 0.29) is 11.8 Å². The van der Waals surface area contributed by atoms with Crippen molar-refractivity contribution in [1.82, 2.24) is 20.0 Å². The van der Waals surface area contributed by atoms with Crippen LogP contribution in [0.25, 0.3) is 11.4 Å². The number of nitrogens with zero attached hydrogens (tertiary/aromatic N) is 4. The maximum absolute atomic E-state index is 12.8. The maximum Gasteiger partial charge on any atom is 0.232 e. The Balaban J connectivity index is 1.46. The largest absolute Gasteiger partial charge is 0.341 e. The van der Waals surface area contributed by atoms with E-state index in [0.29, 0.717) is 30.1 Å². The standard InChI is InChI=1S/C19H24N4O2/c1-13-11-23(19(24)15-5-3-2-4-6-15)12-16(13)18-21-17(22-25-18)14-7-9-20-10-8-14/h7-10,13,15-16H,2-6,11-12H2,1H3/t13-,16-/m0/s1. The van der Waals surface area contributed by atoms with Gasteiger partial charge in [-0.05, 0) is 30.9 Å². The minimum Gasteiger partial charge on any atom is -0.341 e. The second-order valence-corrected chi connectivity index (χ2v) is 7.35. The van der Waals surface area contributed by atoms with Crippen molar-refractivity contribution in [1.29, 1.82) is 0 Å². The summed E-state index contributed by atoms with van der Waals surface area (Å²) in [5.74, 6) is 2.21. The van der Waals surface area contributed by atoms with Crippen LogP contribution in [0.1, 0.15) is 50.8 Å². The fourth-order valence-electron chi connectivity index (χ4n) is 4.08. The fourth-order valence-corrected chi connectivity index (χ4v) is 4.08. The highest BCUT2D eigenvalue weighted by Gasteiger charge is 2.39. The highest BCUT2D eigenvalue weighted by atomic mass is 16.5. The van der Waals surface area contributed by atoms with E-state index < -0.39 is 0 Å². The van der Waals surface area contributed by atoms with Crippen LogP contribution in [0, 0.1) is 11.8 Å². The molecular weight excluding hydrogens is 316 g/mol. The van der Waals surface area contributed by atoms with Gasteiger partial charge in [-0.2, -0.15) is 4.98 Å². The van der Waals surface area contributed by atoms with E-state index >= 15 is 0 Å². The van der Waals surface area contributed by atoms with E-state index in [1.807, 2.05) is 17.0 Å². The first-order chi connectivity index (χ1) is 12.2. The zero-order valence-corrected chi connectivity index (χ0v) is 14.6. The van der Waals surface area contributed by atoms with Crippen molar-refractivity contribution >= 4 is 5.91 Å². The predicted molar refractivity (Wildman–Crippen MR) is 92.6 cm³/mol. The first-order valence-corrected chi connectivity index (χ1v) is 9.25. The van der Waals surface area contributed by atoms with Gasteiger partial charge in [-0.3, -0.25) is 9.78 Å². The predicted octanol–water partition coefficient (Wildman–Crippen LogP) is 3.27. The summed E-state index contributed by atoms with van der Waals surface area (Å²) in [4.78, 5) is 23.4. The third-order valence-electron chi connectivity index (χ3n) is 5.58. The Kier molecular flexibility index (Phi) is 4.51. The number of rotatable bonds is 3. The molecule has 132 valence electrons. The molecule has 0 unspecified atom stereocenters. The first-order valence-electron chi connectivity index (χ1n) is 9.25. The zero-order valence-electron chi connectivity index (χ0n) is 14.6. The molecule has 0 bridgehead atoms. The lowest BCUT2D eigenvalue weighted by molar-refractivity contribution is -0.135. The molecule has 0 N–H and O–H groups in total. The minimum atomic E-state index is 0.121. The Bertz CT molecular complexity index is 724. The van der Waals surface area contributed by atoms with Gasteiger partial charge in [0.25, 0.3) is 0 Å². The second kappa shape index (κ2) is 6.94. The van der Waals surface area contributed by atoms with E-state index in [0.717, 1.165) is 24.9 Å². The molecule has 6 heteroatoms. The third kappa shape index (κ3) is 3.30. The van der Waals surface area contributed by atoms with Crippen LogP contribution in [0.2, 0.25) is 0 Å². The van der Waals surface area contributed by atoms with Gasteiger partial charge in [0.1, 0.15) is 0 Å². The van der Waals surface area contributed by atoms with Crippen LogP contribution < -0.4 is 0 Å². The van der Waals surface area contributed by atoms with E-state index in [9.17, 15) is 4.79 Å². The molecule has 3 heterocycles. The van der Waals surface area contributed by atoms with Gasteiger partial charge in [-0.15, -0.1) is 0 Å². The smallest absolute Gasteiger partial charge is 0.232 e. The fraction of sp³-hybridized carbons (Fsp3) is 0.579. The molecule has 6 nitrogen and oxygen atoms in total. The average Bonchev–Trinajstić information content (AvgIpc) is 3.29. The summed E-state index contributed by atoms with van der Waals surface area (Å²) in [6.45, 7) is 3.64. The highest BCUT2D eigenvalue weighted by Crippen LogP contribution is 2.35. The highest BCUT2D eigenvalue weighted by molar-refractivity contribution is 5.79. The summed E-state index contributed by atoms with van der Waals surface area (Å²) < 4.78 is 5.53. The molecule has 1 saturated carbocycles. The average molecular weight is 340 g/mol. The van der Waals surface area contributed by atoms with Crippen molar-refractivity contribution in [2.24, 2.45) is 11.8 Å². The number of carbonyl (C=O) groups excluding carboxylic acids is 1. The van der Waals surface area contributed by atoms with Gasteiger partial charge in [0, 0.05) is 37.0 Å². The number of carbonyl (C=O) groups is 1. The summed E-state index contributed by atoms with van der Waals surface area (Å²) >= 11 is 0. The van der Waals surface area contributed by atoms with Crippen molar-refractivity contribution < 1.29 is 9.32 Å². The van der Waals surface area contributed by atoms with Crippen LogP contribution >= 0.6 is 0 Å². The summed E-state index contributed by atoms with van der Waals surface area (Å²) in [5.41, 5.74) is 0.894. The van der Waals surface area contributed by atoms with Crippen molar-refractivity contribution in [3.63, 3.8) is 0 Å². The number of amides is 1. The molecule has 1 aliphatic carbocycles. The Morgan fingerprint density at radius 2 is 1.92 bits per heavy atom. The quantitative estimate of drug-likeness (QED) is 0.857. The van der Waals surface area contributed by atoms with Gasteiger partial charge in [0.05, 0.1) is 5.92 Å². The molecule has 0 spiro atoms. The van der Waals surface area contributed by atoms with Crippen molar-refractivity contribution in [3.8, 4) is 11.4 Å². The number of aromatic nitrogens is 3. The van der Waals surface area contributed by atoms with Crippen LogP contribution in [0.5, 0.6) is 0 Å². The van der Waals surface area contributed by atoms with Crippen LogP contribution in [-0.2, 0) is 4.79 Å². The molecule has 25 heavy (non-hydrogen) atoms. The Hall–Kier alpha value is -2.24. The molecule has 0 radical (unpaired) electrons. The zero-order chi connectivity index (χ0) is 17.2. The van der Waals surface area contributed by atoms with Crippen molar-refractivity contribution in [2.75, 3.05) is 13.1 Å². The summed E-state index contributed by atoms with van der Waals surface area (Å²) in [5, 5.41) is 4.11. The Morgan fingerprint density at radius 1 is 1.16 bits per heavy atom. The maximum atomic E-state index is 12.8. The molecule has 2 fully saturated rings. The summed E-state index contributed by atoms with van der Waals surface area (Å²) in [6.07, 6.45) is 9.15. The molecule has 2 atom stereocenters. The van der Waals surface area contributed by atoms with Crippen molar-refractivity contribution in [2.45, 2.75) is 44.9 Å². The Labute approximate surface area is 147 Å². The summed E-state index contributed by atoms with van der Waals surface area (Å²) in [7, 11) is 0. The first kappa shape index (κ1) is 16.2. The SMILES string of the molecule is C[C@H]1CN(C(=O)C2CCCCC2)C[C@@H]1c1nc(-c2ccncc2)no1. The normalized spacial score (nSPS) is 24.6. The molecule has 4 rings (SSSR count).